The first-order chi connectivity index (χ1) is 13.4. The lowest BCUT2D eigenvalue weighted by Gasteiger charge is -2.18. The van der Waals surface area contributed by atoms with Crippen LogP contribution in [0.1, 0.15) is 13.8 Å². The first kappa shape index (κ1) is 18.5. The number of phenolic OH excluding ortho intramolecular Hbond substituents is 1. The number of aromatic nitrogens is 2. The molecule has 1 aliphatic rings. The Kier molecular flexibility index (Phi) is 4.60. The van der Waals surface area contributed by atoms with Gasteiger partial charge in [0.15, 0.2) is 0 Å². The minimum Gasteiger partial charge on any atom is -0.506 e. The fraction of sp³-hybridized carbons (Fsp3) is 0.316. The smallest absolute Gasteiger partial charge is 0.293 e. The summed E-state index contributed by atoms with van der Waals surface area (Å²) in [6, 6.07) is 6.34. The molecule has 146 valence electrons. The molecule has 8 nitrogen and oxygen atoms in total. The van der Waals surface area contributed by atoms with Gasteiger partial charge in [-0.25, -0.2) is 0 Å². The normalized spacial score (nSPS) is 12.3. The number of nitrogens with zero attached hydrogens (tertiary/aromatic N) is 4. The molecule has 1 aromatic heterocycles. The minimum atomic E-state index is -0.411. The molecule has 0 atom stereocenters. The van der Waals surface area contributed by atoms with Crippen LogP contribution in [0.2, 0.25) is 5.02 Å². The highest BCUT2D eigenvalue weighted by Crippen LogP contribution is 2.49. The van der Waals surface area contributed by atoms with Gasteiger partial charge in [0.1, 0.15) is 17.1 Å². The number of nitrogens with one attached hydrogen (secondary N) is 1. The van der Waals surface area contributed by atoms with E-state index in [0.29, 0.717) is 34.6 Å². The predicted molar refractivity (Wildman–Crippen MR) is 110 cm³/mol. The van der Waals surface area contributed by atoms with E-state index in [2.05, 4.69) is 24.1 Å². The van der Waals surface area contributed by atoms with Crippen LogP contribution >= 0.6 is 11.6 Å². The fourth-order valence-corrected chi connectivity index (χ4v) is 3.83. The lowest BCUT2D eigenvalue weighted by molar-refractivity contribution is -0.383. The predicted octanol–water partition coefficient (Wildman–Crippen LogP) is 4.37. The molecule has 0 saturated heterocycles. The minimum absolute atomic E-state index is 0.0214. The number of likely N-dealkylation sites (N-methyl/N-ethyl adjacent to an activating group) is 1. The van der Waals surface area contributed by atoms with Gasteiger partial charge in [0.05, 0.1) is 27.4 Å². The number of nitro benzene ring substituents is 1. The third kappa shape index (κ3) is 2.85. The van der Waals surface area contributed by atoms with Crippen molar-refractivity contribution in [1.82, 2.24) is 14.7 Å². The Morgan fingerprint density at radius 1 is 1.32 bits per heavy atom. The number of fused-ring (bicyclic) bond motifs is 2. The molecule has 28 heavy (non-hydrogen) atoms. The van der Waals surface area contributed by atoms with Crippen molar-refractivity contribution in [3.05, 3.63) is 39.4 Å². The molecule has 0 saturated carbocycles. The monoisotopic (exact) mass is 401 g/mol. The van der Waals surface area contributed by atoms with Gasteiger partial charge >= 0.3 is 0 Å². The summed E-state index contributed by atoms with van der Waals surface area (Å²) < 4.78 is 1.87. The van der Waals surface area contributed by atoms with Gasteiger partial charge in [0.25, 0.3) is 5.69 Å². The summed E-state index contributed by atoms with van der Waals surface area (Å²) in [4.78, 5) is 13.4. The van der Waals surface area contributed by atoms with E-state index in [-0.39, 0.29) is 16.5 Å². The number of anilines is 2. The van der Waals surface area contributed by atoms with Crippen molar-refractivity contribution < 1.29 is 10.0 Å². The number of benzene rings is 2. The summed E-state index contributed by atoms with van der Waals surface area (Å²) in [5.74, 6) is -0.0538. The van der Waals surface area contributed by atoms with E-state index in [1.165, 1.54) is 6.07 Å². The van der Waals surface area contributed by atoms with E-state index in [9.17, 15) is 15.2 Å². The van der Waals surface area contributed by atoms with Crippen molar-refractivity contribution in [3.8, 4) is 17.0 Å². The molecule has 2 heterocycles. The second-order valence-corrected chi connectivity index (χ2v) is 7.09. The Labute approximate surface area is 166 Å². The zero-order chi connectivity index (χ0) is 20.0. The van der Waals surface area contributed by atoms with Crippen molar-refractivity contribution in [1.29, 1.82) is 0 Å². The standard InChI is InChI=1S/C19H20ClN5O3/c1-3-23(4-2)7-8-24-14-5-6-15(25(27)28)19-17(14)18(22-24)11-9-16(26)12(20)10-13(11)21-19/h5-6,9-10,21,26H,3-4,7-8H2,1-2H3. The topological polar surface area (TPSA) is 96.5 Å². The van der Waals surface area contributed by atoms with Gasteiger partial charge in [-0.15, -0.1) is 0 Å². The average molecular weight is 402 g/mol. The molecule has 2 aromatic carbocycles. The molecular weight excluding hydrogens is 382 g/mol. The van der Waals surface area contributed by atoms with Crippen molar-refractivity contribution in [2.24, 2.45) is 0 Å². The average Bonchev–Trinajstić information content (AvgIpc) is 3.04. The van der Waals surface area contributed by atoms with Crippen molar-refractivity contribution in [2.75, 3.05) is 25.0 Å². The highest BCUT2D eigenvalue weighted by molar-refractivity contribution is 6.32. The molecule has 0 radical (unpaired) electrons. The van der Waals surface area contributed by atoms with Crippen LogP contribution in [0.3, 0.4) is 0 Å². The summed E-state index contributed by atoms with van der Waals surface area (Å²) >= 11 is 6.04. The van der Waals surface area contributed by atoms with E-state index in [1.54, 1.807) is 18.2 Å². The van der Waals surface area contributed by atoms with Gasteiger partial charge in [0, 0.05) is 23.9 Å². The molecule has 4 rings (SSSR count). The largest absolute Gasteiger partial charge is 0.506 e. The molecule has 0 spiro atoms. The lowest BCUT2D eigenvalue weighted by Crippen LogP contribution is -2.27. The van der Waals surface area contributed by atoms with E-state index in [1.807, 2.05) is 4.68 Å². The van der Waals surface area contributed by atoms with E-state index in [0.717, 1.165) is 25.2 Å². The van der Waals surface area contributed by atoms with Crippen molar-refractivity contribution in [2.45, 2.75) is 20.4 Å². The zero-order valence-electron chi connectivity index (χ0n) is 15.6. The van der Waals surface area contributed by atoms with Gasteiger partial charge in [-0.2, -0.15) is 5.10 Å². The maximum atomic E-state index is 11.6. The van der Waals surface area contributed by atoms with Crippen LogP contribution in [-0.2, 0) is 6.54 Å². The quantitative estimate of drug-likeness (QED) is 0.283. The van der Waals surface area contributed by atoms with Crippen LogP contribution in [0.5, 0.6) is 5.75 Å². The second kappa shape index (κ2) is 6.96. The zero-order valence-corrected chi connectivity index (χ0v) is 16.3. The van der Waals surface area contributed by atoms with Crippen LogP contribution in [0.15, 0.2) is 24.3 Å². The van der Waals surface area contributed by atoms with Crippen molar-refractivity contribution >= 4 is 39.6 Å². The van der Waals surface area contributed by atoms with Gasteiger partial charge in [-0.05, 0) is 31.3 Å². The van der Waals surface area contributed by atoms with Crippen LogP contribution in [0.4, 0.5) is 17.1 Å². The molecule has 0 bridgehead atoms. The molecule has 1 aliphatic heterocycles. The second-order valence-electron chi connectivity index (χ2n) is 6.68. The third-order valence-electron chi connectivity index (χ3n) is 5.22. The Morgan fingerprint density at radius 2 is 2.07 bits per heavy atom. The third-order valence-corrected chi connectivity index (χ3v) is 5.52. The summed E-state index contributed by atoms with van der Waals surface area (Å²) in [5.41, 5.74) is 3.05. The first-order valence-electron chi connectivity index (χ1n) is 9.14. The molecule has 0 unspecified atom stereocenters. The highest BCUT2D eigenvalue weighted by Gasteiger charge is 2.30. The SMILES string of the molecule is CCN(CC)CCn1nc2c3c(c([N+](=O)[O-])ccc31)Nc1cc(Cl)c(O)cc1-2. The number of rotatable bonds is 6. The van der Waals surface area contributed by atoms with Gasteiger partial charge < -0.3 is 15.3 Å². The highest BCUT2D eigenvalue weighted by atomic mass is 35.5. The molecule has 9 heteroatoms. The van der Waals surface area contributed by atoms with E-state index < -0.39 is 4.92 Å². The summed E-state index contributed by atoms with van der Waals surface area (Å²) in [6.07, 6.45) is 0. The summed E-state index contributed by atoms with van der Waals surface area (Å²) in [7, 11) is 0. The number of aromatic hydroxyl groups is 1. The Hall–Kier alpha value is -2.84. The van der Waals surface area contributed by atoms with Crippen LogP contribution < -0.4 is 5.32 Å². The summed E-state index contributed by atoms with van der Waals surface area (Å²) in [6.45, 7) is 7.58. The molecule has 3 aromatic rings. The fourth-order valence-electron chi connectivity index (χ4n) is 3.67. The number of nitro groups is 1. The first-order valence-corrected chi connectivity index (χ1v) is 9.52. The molecular formula is C19H20ClN5O3. The van der Waals surface area contributed by atoms with Crippen LogP contribution in [-0.4, -0.2) is 44.3 Å². The van der Waals surface area contributed by atoms with E-state index in [4.69, 9.17) is 16.7 Å². The van der Waals surface area contributed by atoms with Crippen LogP contribution in [0, 0.1) is 10.1 Å². The maximum absolute atomic E-state index is 11.6. The number of halogens is 1. The number of phenols is 1. The van der Waals surface area contributed by atoms with Gasteiger partial charge in [0.2, 0.25) is 0 Å². The van der Waals surface area contributed by atoms with Crippen molar-refractivity contribution in [3.63, 3.8) is 0 Å². The van der Waals surface area contributed by atoms with Gasteiger partial charge in [-0.3, -0.25) is 14.8 Å². The molecule has 0 amide bonds. The Morgan fingerprint density at radius 3 is 2.75 bits per heavy atom. The summed E-state index contributed by atoms with van der Waals surface area (Å²) in [5, 5.41) is 30.3. The number of hydrogen-bond acceptors (Lipinski definition) is 6. The molecule has 0 fully saturated rings. The van der Waals surface area contributed by atoms with Gasteiger partial charge in [-0.1, -0.05) is 25.4 Å². The molecule has 0 aliphatic carbocycles. The number of hydrogen-bond donors (Lipinski definition) is 2. The Bertz CT molecular complexity index is 1090. The van der Waals surface area contributed by atoms with E-state index >= 15 is 0 Å². The lowest BCUT2D eigenvalue weighted by atomic mass is 9.99. The molecule has 2 N–H and O–H groups in total. The Balaban J connectivity index is 1.92. The maximum Gasteiger partial charge on any atom is 0.293 e. The van der Waals surface area contributed by atoms with Crippen LogP contribution in [0.25, 0.3) is 22.2 Å².